The van der Waals surface area contributed by atoms with Crippen LogP contribution in [0.25, 0.3) is 17.1 Å². The van der Waals surface area contributed by atoms with Crippen LogP contribution in [-0.4, -0.2) is 51.3 Å². The number of aryl methyl sites for hydroxylation is 1. The lowest BCUT2D eigenvalue weighted by atomic mass is 10.2. The summed E-state index contributed by atoms with van der Waals surface area (Å²) in [6.07, 6.45) is -3.35. The number of aromatic nitrogens is 3. The highest BCUT2D eigenvalue weighted by Gasteiger charge is 2.31. The minimum absolute atomic E-state index is 0.0504. The number of amides is 2. The van der Waals surface area contributed by atoms with Gasteiger partial charge in [-0.15, -0.1) is 18.3 Å². The molecule has 0 bridgehead atoms. The van der Waals surface area contributed by atoms with Crippen molar-refractivity contribution in [2.24, 2.45) is 10.9 Å². The molecule has 45 heavy (non-hydrogen) atoms. The second-order valence-corrected chi connectivity index (χ2v) is 10.6. The Morgan fingerprint density at radius 3 is 2.31 bits per heavy atom. The van der Waals surface area contributed by atoms with Gasteiger partial charge in [0.05, 0.1) is 18.7 Å². The lowest BCUT2D eigenvalue weighted by Crippen LogP contribution is -2.17. The first-order valence-corrected chi connectivity index (χ1v) is 14.4. The molecule has 0 aliphatic carbocycles. The van der Waals surface area contributed by atoms with Crippen LogP contribution in [0.3, 0.4) is 0 Å². The number of carbonyl (C=O) groups is 2. The fourth-order valence-electron chi connectivity index (χ4n) is 3.69. The number of amidine groups is 1. The first-order chi connectivity index (χ1) is 21.4. The van der Waals surface area contributed by atoms with E-state index in [2.05, 4.69) is 30.4 Å². The van der Waals surface area contributed by atoms with E-state index in [0.29, 0.717) is 34.2 Å². The number of urea groups is 1. The number of methoxy groups -OCH3 is 1. The van der Waals surface area contributed by atoms with Crippen molar-refractivity contribution in [3.63, 3.8) is 0 Å². The normalized spacial score (nSPS) is 11.7. The van der Waals surface area contributed by atoms with Gasteiger partial charge in [-0.25, -0.2) is 14.5 Å². The van der Waals surface area contributed by atoms with Crippen molar-refractivity contribution in [3.8, 4) is 28.6 Å². The molecule has 0 saturated heterocycles. The SMILES string of the molecule is COc1ccc(N/C(=N\C(=O)Nc2ccc(-c3ncn(-c4ccc(OC(F)(F)F)cc4)n3)cc2)SCOC(=O)C(C)C)c(C)c1. The standard InChI is InChI=1S/C30H29F3N6O5S/c1-18(2)27(40)43-17-45-29(36-25-14-13-24(42-4)15-19(25)3)37-28(41)35-21-7-5-20(6-8-21)26-34-16-39(38-26)22-9-11-23(12-10-22)44-30(31,32)33/h5-16,18H,17H2,1-4H3,(H2,35,36,37,41). The summed E-state index contributed by atoms with van der Waals surface area (Å²) in [5.74, 6) is -0.0425. The molecule has 1 heterocycles. The smallest absolute Gasteiger partial charge is 0.497 e. The van der Waals surface area contributed by atoms with Gasteiger partial charge in [0, 0.05) is 16.9 Å². The number of nitrogens with zero attached hydrogens (tertiary/aromatic N) is 4. The van der Waals surface area contributed by atoms with Gasteiger partial charge in [0.1, 0.15) is 23.8 Å². The molecule has 15 heteroatoms. The van der Waals surface area contributed by atoms with Gasteiger partial charge in [0.2, 0.25) is 0 Å². The third-order valence-electron chi connectivity index (χ3n) is 5.97. The van der Waals surface area contributed by atoms with Gasteiger partial charge in [-0.05, 0) is 91.0 Å². The maximum atomic E-state index is 12.8. The number of hydrogen-bond acceptors (Lipinski definition) is 8. The van der Waals surface area contributed by atoms with Crippen LogP contribution in [0.4, 0.5) is 29.3 Å². The minimum Gasteiger partial charge on any atom is -0.497 e. The first-order valence-electron chi connectivity index (χ1n) is 13.4. The number of thioether (sulfide) groups is 1. The molecule has 0 fully saturated rings. The summed E-state index contributed by atoms with van der Waals surface area (Å²) in [4.78, 5) is 33.1. The molecule has 3 aromatic carbocycles. The Kier molecular flexibility index (Phi) is 10.7. The molecule has 2 amide bonds. The van der Waals surface area contributed by atoms with Crippen LogP contribution in [0.15, 0.2) is 78.0 Å². The molecular formula is C30H29F3N6O5S. The molecule has 1 aromatic heterocycles. The van der Waals surface area contributed by atoms with Gasteiger partial charge in [-0.1, -0.05) is 13.8 Å². The Hall–Kier alpha value is -5.05. The quantitative estimate of drug-likeness (QED) is 0.0855. The lowest BCUT2D eigenvalue weighted by molar-refractivity contribution is -0.274. The Morgan fingerprint density at radius 1 is 1.00 bits per heavy atom. The lowest BCUT2D eigenvalue weighted by Gasteiger charge is -2.13. The van der Waals surface area contributed by atoms with Crippen LogP contribution in [0, 0.1) is 12.8 Å². The summed E-state index contributed by atoms with van der Waals surface area (Å²) in [5, 5.41) is 10.4. The Balaban J connectivity index is 1.43. The van der Waals surface area contributed by atoms with E-state index in [1.165, 1.54) is 35.3 Å². The highest BCUT2D eigenvalue weighted by molar-refractivity contribution is 8.14. The van der Waals surface area contributed by atoms with Crippen LogP contribution in [0.2, 0.25) is 0 Å². The molecule has 0 aliphatic rings. The molecule has 236 valence electrons. The second-order valence-electron chi connectivity index (χ2n) is 9.67. The van der Waals surface area contributed by atoms with Crippen molar-refractivity contribution in [2.45, 2.75) is 27.1 Å². The van der Waals surface area contributed by atoms with Crippen molar-refractivity contribution >= 4 is 40.3 Å². The highest BCUT2D eigenvalue weighted by Crippen LogP contribution is 2.25. The van der Waals surface area contributed by atoms with Crippen LogP contribution in [0.5, 0.6) is 11.5 Å². The zero-order valence-electron chi connectivity index (χ0n) is 24.6. The fraction of sp³-hybridized carbons (Fsp3) is 0.233. The maximum absolute atomic E-state index is 12.8. The van der Waals surface area contributed by atoms with E-state index in [9.17, 15) is 22.8 Å². The van der Waals surface area contributed by atoms with Crippen LogP contribution in [0.1, 0.15) is 19.4 Å². The number of aliphatic imine (C=N–C) groups is 1. The number of hydrogen-bond donors (Lipinski definition) is 2. The van der Waals surface area contributed by atoms with Crippen LogP contribution < -0.4 is 20.1 Å². The van der Waals surface area contributed by atoms with E-state index in [4.69, 9.17) is 9.47 Å². The molecule has 0 unspecified atom stereocenters. The molecule has 0 radical (unpaired) electrons. The van der Waals surface area contributed by atoms with Crippen molar-refractivity contribution in [2.75, 3.05) is 23.7 Å². The Morgan fingerprint density at radius 2 is 1.69 bits per heavy atom. The zero-order chi connectivity index (χ0) is 32.6. The molecule has 0 saturated carbocycles. The highest BCUT2D eigenvalue weighted by atomic mass is 32.2. The van der Waals surface area contributed by atoms with E-state index >= 15 is 0 Å². The molecule has 4 aromatic rings. The number of anilines is 2. The molecular weight excluding hydrogens is 613 g/mol. The number of esters is 1. The third kappa shape index (κ3) is 9.72. The predicted molar refractivity (Wildman–Crippen MR) is 165 cm³/mol. The van der Waals surface area contributed by atoms with Crippen LogP contribution in [-0.2, 0) is 9.53 Å². The number of carbonyl (C=O) groups excluding carboxylic acids is 2. The minimum atomic E-state index is -4.78. The van der Waals surface area contributed by atoms with Crippen molar-refractivity contribution in [1.82, 2.24) is 14.8 Å². The Bertz CT molecular complexity index is 1660. The van der Waals surface area contributed by atoms with Gasteiger partial charge in [0.25, 0.3) is 0 Å². The number of ether oxygens (including phenoxy) is 3. The molecule has 0 spiro atoms. The summed E-state index contributed by atoms with van der Waals surface area (Å²) in [5.41, 5.74) is 3.10. The van der Waals surface area contributed by atoms with E-state index < -0.39 is 12.4 Å². The monoisotopic (exact) mass is 642 g/mol. The van der Waals surface area contributed by atoms with Crippen molar-refractivity contribution in [3.05, 3.63) is 78.6 Å². The third-order valence-corrected chi connectivity index (χ3v) is 6.67. The average Bonchev–Trinajstić information content (AvgIpc) is 3.48. The largest absolute Gasteiger partial charge is 0.573 e. The molecule has 0 aliphatic heterocycles. The molecule has 0 atom stereocenters. The van der Waals surface area contributed by atoms with Crippen molar-refractivity contribution in [1.29, 1.82) is 0 Å². The Labute approximate surface area is 260 Å². The van der Waals surface area contributed by atoms with Gasteiger partial charge in [0.15, 0.2) is 11.0 Å². The van der Waals surface area contributed by atoms with E-state index in [1.807, 2.05) is 13.0 Å². The number of halogens is 3. The number of nitrogens with one attached hydrogen (secondary N) is 2. The van der Waals surface area contributed by atoms with E-state index in [1.54, 1.807) is 57.4 Å². The topological polar surface area (TPSA) is 129 Å². The van der Waals surface area contributed by atoms with Gasteiger partial charge in [-0.3, -0.25) is 4.79 Å². The fourth-order valence-corrected chi connectivity index (χ4v) is 4.31. The van der Waals surface area contributed by atoms with E-state index in [-0.39, 0.29) is 28.7 Å². The van der Waals surface area contributed by atoms with Crippen LogP contribution >= 0.6 is 11.8 Å². The summed E-state index contributed by atoms with van der Waals surface area (Å²) in [6, 6.07) is 16.6. The van der Waals surface area contributed by atoms with Crippen molar-refractivity contribution < 1.29 is 37.0 Å². The zero-order valence-corrected chi connectivity index (χ0v) is 25.4. The number of alkyl halides is 3. The number of benzene rings is 3. The first kappa shape index (κ1) is 32.9. The second kappa shape index (κ2) is 14.6. The van der Waals surface area contributed by atoms with Gasteiger partial charge in [-0.2, -0.15) is 4.99 Å². The van der Waals surface area contributed by atoms with Gasteiger partial charge < -0.3 is 24.8 Å². The summed E-state index contributed by atoms with van der Waals surface area (Å²) in [7, 11) is 1.57. The summed E-state index contributed by atoms with van der Waals surface area (Å²) in [6.45, 7) is 5.31. The summed E-state index contributed by atoms with van der Waals surface area (Å²) >= 11 is 1.05. The maximum Gasteiger partial charge on any atom is 0.573 e. The molecule has 2 N–H and O–H groups in total. The molecule has 4 rings (SSSR count). The predicted octanol–water partition coefficient (Wildman–Crippen LogP) is 7.04. The average molecular weight is 643 g/mol. The number of rotatable bonds is 9. The summed E-state index contributed by atoms with van der Waals surface area (Å²) < 4.78 is 53.0. The van der Waals surface area contributed by atoms with E-state index in [0.717, 1.165) is 17.3 Å². The van der Waals surface area contributed by atoms with Gasteiger partial charge >= 0.3 is 18.4 Å². The molecule has 11 nitrogen and oxygen atoms in total.